The third-order valence-electron chi connectivity index (χ3n) is 4.02. The number of benzene rings is 1. The molecule has 3 rings (SSSR count). The van der Waals surface area contributed by atoms with Crippen LogP contribution in [0.15, 0.2) is 47.5 Å². The van der Waals surface area contributed by atoms with Gasteiger partial charge in [-0.25, -0.2) is 9.97 Å². The van der Waals surface area contributed by atoms with E-state index in [-0.39, 0.29) is 16.7 Å². The van der Waals surface area contributed by atoms with Gasteiger partial charge in [0.25, 0.3) is 10.0 Å². The van der Waals surface area contributed by atoms with Gasteiger partial charge in [-0.3, -0.25) is 4.72 Å². The molecule has 2 heterocycles. The monoisotopic (exact) mass is 402 g/mol. The summed E-state index contributed by atoms with van der Waals surface area (Å²) in [6.45, 7) is 5.96. The summed E-state index contributed by atoms with van der Waals surface area (Å²) in [5.74, 6) is 0.270. The average molecular weight is 403 g/mol. The molecule has 0 atom stereocenters. The Morgan fingerprint density at radius 3 is 2.30 bits per heavy atom. The van der Waals surface area contributed by atoms with Gasteiger partial charge in [0.2, 0.25) is 0 Å². The molecule has 8 heteroatoms. The molecule has 27 heavy (non-hydrogen) atoms. The Balaban J connectivity index is 2.04. The van der Waals surface area contributed by atoms with E-state index >= 15 is 0 Å². The molecule has 0 unspecified atom stereocenters. The number of nitrogens with two attached hydrogens (primary N) is 1. The summed E-state index contributed by atoms with van der Waals surface area (Å²) in [5, 5.41) is 0.263. The lowest BCUT2D eigenvalue weighted by Crippen LogP contribution is -2.16. The number of nitrogens with zero attached hydrogens (tertiary/aromatic N) is 2. The van der Waals surface area contributed by atoms with Gasteiger partial charge >= 0.3 is 0 Å². The fourth-order valence-electron chi connectivity index (χ4n) is 3.00. The number of sulfonamides is 1. The van der Waals surface area contributed by atoms with E-state index in [2.05, 4.69) is 14.7 Å². The van der Waals surface area contributed by atoms with E-state index in [9.17, 15) is 8.42 Å². The van der Waals surface area contributed by atoms with E-state index in [1.807, 2.05) is 32.9 Å². The Bertz CT molecular complexity index is 1110. The molecule has 140 valence electrons. The zero-order valence-corrected chi connectivity index (χ0v) is 16.7. The van der Waals surface area contributed by atoms with E-state index < -0.39 is 10.0 Å². The van der Waals surface area contributed by atoms with Crippen LogP contribution in [0.2, 0.25) is 5.02 Å². The Hall–Kier alpha value is -2.64. The Morgan fingerprint density at radius 1 is 1.00 bits per heavy atom. The Morgan fingerprint density at radius 2 is 1.67 bits per heavy atom. The van der Waals surface area contributed by atoms with Crippen LogP contribution < -0.4 is 10.5 Å². The molecule has 0 bridgehead atoms. The lowest BCUT2D eigenvalue weighted by atomic mass is 9.97. The third kappa shape index (κ3) is 4.04. The Kier molecular flexibility index (Phi) is 5.08. The molecular formula is C19H19ClN4O2S. The van der Waals surface area contributed by atoms with E-state index in [1.165, 1.54) is 24.3 Å². The van der Waals surface area contributed by atoms with Gasteiger partial charge in [0.05, 0.1) is 10.7 Å². The summed E-state index contributed by atoms with van der Waals surface area (Å²) in [7, 11) is -3.92. The number of anilines is 2. The quantitative estimate of drug-likeness (QED) is 0.684. The molecule has 0 aliphatic carbocycles. The number of hydrogen-bond donors (Lipinski definition) is 2. The molecule has 0 aliphatic rings. The van der Waals surface area contributed by atoms with Crippen LogP contribution in [-0.2, 0) is 10.0 Å². The summed E-state index contributed by atoms with van der Waals surface area (Å²) in [5.41, 5.74) is 10.1. The van der Waals surface area contributed by atoms with Gasteiger partial charge in [-0.2, -0.15) is 8.42 Å². The van der Waals surface area contributed by atoms with Crippen LogP contribution in [0.4, 0.5) is 11.6 Å². The van der Waals surface area contributed by atoms with Gasteiger partial charge < -0.3 is 5.73 Å². The smallest absolute Gasteiger partial charge is 0.280 e. The molecule has 0 saturated heterocycles. The first-order valence-corrected chi connectivity index (χ1v) is 10.0. The highest BCUT2D eigenvalue weighted by molar-refractivity contribution is 7.92. The van der Waals surface area contributed by atoms with Crippen molar-refractivity contribution in [2.45, 2.75) is 25.8 Å². The number of halogens is 1. The molecule has 6 nitrogen and oxygen atoms in total. The SMILES string of the molecule is Cc1cc(C)c(-c2nc(NS(=O)(=O)c3cccc(N)n3)ccc2Cl)c(C)c1. The molecule has 1 aromatic carbocycles. The van der Waals surface area contributed by atoms with Gasteiger partial charge in [-0.15, -0.1) is 0 Å². The standard InChI is InChI=1S/C19H19ClN4O2S/c1-11-9-12(2)18(13(3)10-11)19-14(20)7-8-16(23-19)24-27(25,26)17-6-4-5-15(21)22-17/h4-10H,1-3H3,(H2,21,22)(H,23,24). The van der Waals surface area contributed by atoms with Crippen molar-refractivity contribution >= 4 is 33.3 Å². The summed E-state index contributed by atoms with van der Waals surface area (Å²) < 4.78 is 27.6. The highest BCUT2D eigenvalue weighted by Crippen LogP contribution is 2.33. The molecule has 0 spiro atoms. The Labute approximate surface area is 163 Å². The molecule has 3 aromatic rings. The van der Waals surface area contributed by atoms with Crippen LogP contribution in [0, 0.1) is 20.8 Å². The topological polar surface area (TPSA) is 98.0 Å². The minimum absolute atomic E-state index is 0.119. The van der Waals surface area contributed by atoms with Crippen LogP contribution in [0.5, 0.6) is 0 Å². The van der Waals surface area contributed by atoms with E-state index in [0.29, 0.717) is 10.7 Å². The second kappa shape index (κ2) is 7.17. The van der Waals surface area contributed by atoms with E-state index in [0.717, 1.165) is 22.3 Å². The van der Waals surface area contributed by atoms with Crippen molar-refractivity contribution in [2.24, 2.45) is 0 Å². The molecular weight excluding hydrogens is 384 g/mol. The van der Waals surface area contributed by atoms with Gasteiger partial charge in [0.15, 0.2) is 5.03 Å². The van der Waals surface area contributed by atoms with Gasteiger partial charge in [-0.05, 0) is 56.2 Å². The lowest BCUT2D eigenvalue weighted by molar-refractivity contribution is 0.597. The van der Waals surface area contributed by atoms with Crippen molar-refractivity contribution < 1.29 is 8.42 Å². The van der Waals surface area contributed by atoms with Crippen molar-refractivity contribution in [3.63, 3.8) is 0 Å². The predicted octanol–water partition coefficient (Wildman–Crippen LogP) is 4.11. The maximum atomic E-state index is 12.6. The number of aryl methyl sites for hydroxylation is 3. The minimum atomic E-state index is -3.92. The molecule has 0 aliphatic heterocycles. The van der Waals surface area contributed by atoms with Crippen LogP contribution in [0.3, 0.4) is 0 Å². The molecule has 0 amide bonds. The zero-order chi connectivity index (χ0) is 19.8. The number of rotatable bonds is 4. The van der Waals surface area contributed by atoms with Crippen LogP contribution in [0.25, 0.3) is 11.3 Å². The number of nitrogen functional groups attached to an aromatic ring is 1. The van der Waals surface area contributed by atoms with Crippen molar-refractivity contribution in [3.8, 4) is 11.3 Å². The van der Waals surface area contributed by atoms with E-state index in [1.54, 1.807) is 6.07 Å². The average Bonchev–Trinajstić information content (AvgIpc) is 2.56. The molecule has 0 fully saturated rings. The lowest BCUT2D eigenvalue weighted by Gasteiger charge is -2.14. The number of nitrogens with one attached hydrogen (secondary N) is 1. The third-order valence-corrected chi connectivity index (χ3v) is 5.58. The second-order valence-electron chi connectivity index (χ2n) is 6.31. The normalized spacial score (nSPS) is 11.4. The molecule has 0 radical (unpaired) electrons. The molecule has 2 aromatic heterocycles. The maximum absolute atomic E-state index is 12.6. The zero-order valence-electron chi connectivity index (χ0n) is 15.1. The second-order valence-corrected chi connectivity index (χ2v) is 8.34. The molecule has 0 saturated carbocycles. The largest absolute Gasteiger partial charge is 0.384 e. The van der Waals surface area contributed by atoms with Gasteiger partial charge in [0, 0.05) is 5.56 Å². The summed E-state index contributed by atoms with van der Waals surface area (Å²) in [6, 6.07) is 11.6. The number of pyridine rings is 2. The van der Waals surface area contributed by atoms with Crippen molar-refractivity contribution in [3.05, 3.63) is 64.2 Å². The fourth-order valence-corrected chi connectivity index (χ4v) is 4.17. The molecule has 3 N–H and O–H groups in total. The first-order valence-electron chi connectivity index (χ1n) is 8.17. The van der Waals surface area contributed by atoms with Crippen molar-refractivity contribution in [1.82, 2.24) is 9.97 Å². The van der Waals surface area contributed by atoms with Gasteiger partial charge in [0.1, 0.15) is 11.6 Å². The van der Waals surface area contributed by atoms with Crippen LogP contribution in [0.1, 0.15) is 16.7 Å². The first-order chi connectivity index (χ1) is 12.7. The fraction of sp³-hybridized carbons (Fsp3) is 0.158. The first kappa shape index (κ1) is 19.1. The minimum Gasteiger partial charge on any atom is -0.384 e. The van der Waals surface area contributed by atoms with Crippen molar-refractivity contribution in [1.29, 1.82) is 0 Å². The highest BCUT2D eigenvalue weighted by Gasteiger charge is 2.19. The van der Waals surface area contributed by atoms with Crippen molar-refractivity contribution in [2.75, 3.05) is 10.5 Å². The highest BCUT2D eigenvalue weighted by atomic mass is 35.5. The predicted molar refractivity (Wildman–Crippen MR) is 108 cm³/mol. The van der Waals surface area contributed by atoms with Gasteiger partial charge in [-0.1, -0.05) is 35.4 Å². The summed E-state index contributed by atoms with van der Waals surface area (Å²) in [6.07, 6.45) is 0. The van der Waals surface area contributed by atoms with Crippen LogP contribution in [-0.4, -0.2) is 18.4 Å². The summed E-state index contributed by atoms with van der Waals surface area (Å²) in [4.78, 5) is 8.30. The number of aromatic nitrogens is 2. The van der Waals surface area contributed by atoms with Crippen LogP contribution >= 0.6 is 11.6 Å². The van der Waals surface area contributed by atoms with E-state index in [4.69, 9.17) is 17.3 Å². The summed E-state index contributed by atoms with van der Waals surface area (Å²) >= 11 is 6.35. The maximum Gasteiger partial charge on any atom is 0.280 e. The number of hydrogen-bond acceptors (Lipinski definition) is 5.